The number of nitrogens with zero attached hydrogens (tertiary/aromatic N) is 1. The maximum atomic E-state index is 11.5. The molecule has 0 N–H and O–H groups in total. The van der Waals surface area contributed by atoms with E-state index in [0.717, 1.165) is 19.3 Å². The third kappa shape index (κ3) is 1.33. The molecule has 0 radical (unpaired) electrons. The molecule has 1 amide bonds. The van der Waals surface area contributed by atoms with Crippen LogP contribution in [0.5, 0.6) is 0 Å². The Morgan fingerprint density at radius 2 is 2.08 bits per heavy atom. The molecular weight excluding hydrogens is 154 g/mol. The quantitative estimate of drug-likeness (QED) is 0.540. The Labute approximate surface area is 72.7 Å². The van der Waals surface area contributed by atoms with Gasteiger partial charge < -0.3 is 9.64 Å². The number of epoxide rings is 1. The van der Waals surface area contributed by atoms with Crippen LogP contribution in [0.2, 0.25) is 0 Å². The van der Waals surface area contributed by atoms with Gasteiger partial charge in [0.2, 0.25) is 5.91 Å². The summed E-state index contributed by atoms with van der Waals surface area (Å²) >= 11 is 0. The van der Waals surface area contributed by atoms with Crippen LogP contribution in [0, 0.1) is 5.92 Å². The fourth-order valence-corrected chi connectivity index (χ4v) is 1.99. The van der Waals surface area contributed by atoms with Gasteiger partial charge in [-0.1, -0.05) is 0 Å². The smallest absolute Gasteiger partial charge is 0.225 e. The van der Waals surface area contributed by atoms with E-state index in [0.29, 0.717) is 12.2 Å². The Bertz CT molecular complexity index is 203. The van der Waals surface area contributed by atoms with Gasteiger partial charge in [0.25, 0.3) is 0 Å². The van der Waals surface area contributed by atoms with Gasteiger partial charge in [0.1, 0.15) is 0 Å². The monoisotopic (exact) mass is 169 g/mol. The standard InChI is InChI=1S/C9H15NO2/c1-10(2)9(11)6-3-4-7-8(5-6)12-7/h6-8H,3-5H2,1-2H3/t6-,7+,8+/m0/s1. The fraction of sp³-hybridized carbons (Fsp3) is 0.889. The van der Waals surface area contributed by atoms with Crippen molar-refractivity contribution in [2.45, 2.75) is 31.5 Å². The molecule has 3 nitrogen and oxygen atoms in total. The Hall–Kier alpha value is -0.570. The van der Waals surface area contributed by atoms with Crippen molar-refractivity contribution < 1.29 is 9.53 Å². The van der Waals surface area contributed by atoms with Crippen LogP contribution in [0.25, 0.3) is 0 Å². The van der Waals surface area contributed by atoms with Crippen molar-refractivity contribution >= 4 is 5.91 Å². The second-order valence-corrected chi connectivity index (χ2v) is 3.96. The zero-order chi connectivity index (χ0) is 8.72. The Kier molecular flexibility index (Phi) is 1.83. The number of rotatable bonds is 1. The number of carbonyl (C=O) groups excluding carboxylic acids is 1. The molecule has 0 aromatic heterocycles. The zero-order valence-electron chi connectivity index (χ0n) is 7.62. The molecule has 3 atom stereocenters. The summed E-state index contributed by atoms with van der Waals surface area (Å²) in [7, 11) is 3.64. The molecule has 12 heavy (non-hydrogen) atoms. The summed E-state index contributed by atoms with van der Waals surface area (Å²) in [6.07, 6.45) is 3.94. The van der Waals surface area contributed by atoms with E-state index in [1.54, 1.807) is 4.90 Å². The second-order valence-electron chi connectivity index (χ2n) is 3.96. The lowest BCUT2D eigenvalue weighted by Gasteiger charge is -2.21. The topological polar surface area (TPSA) is 32.8 Å². The lowest BCUT2D eigenvalue weighted by atomic mass is 9.88. The molecule has 68 valence electrons. The fourth-order valence-electron chi connectivity index (χ4n) is 1.99. The van der Waals surface area contributed by atoms with E-state index in [2.05, 4.69) is 0 Å². The Morgan fingerprint density at radius 3 is 2.67 bits per heavy atom. The molecule has 2 rings (SSSR count). The van der Waals surface area contributed by atoms with E-state index in [9.17, 15) is 4.79 Å². The predicted molar refractivity (Wildman–Crippen MR) is 44.7 cm³/mol. The average Bonchev–Trinajstić information content (AvgIpc) is 2.79. The van der Waals surface area contributed by atoms with E-state index in [1.165, 1.54) is 0 Å². The number of carbonyl (C=O) groups is 1. The number of amides is 1. The molecule has 1 aliphatic carbocycles. The molecule has 0 unspecified atom stereocenters. The van der Waals surface area contributed by atoms with Crippen molar-refractivity contribution in [1.82, 2.24) is 4.90 Å². The molecule has 0 aromatic rings. The van der Waals surface area contributed by atoms with Crippen LogP contribution in [-0.4, -0.2) is 37.1 Å². The van der Waals surface area contributed by atoms with Crippen LogP contribution >= 0.6 is 0 Å². The van der Waals surface area contributed by atoms with Gasteiger partial charge in [-0.05, 0) is 19.3 Å². The van der Waals surface area contributed by atoms with Crippen LogP contribution < -0.4 is 0 Å². The van der Waals surface area contributed by atoms with Crippen molar-refractivity contribution in [3.8, 4) is 0 Å². The van der Waals surface area contributed by atoms with Crippen LogP contribution in [0.3, 0.4) is 0 Å². The first-order valence-electron chi connectivity index (χ1n) is 4.55. The molecule has 0 spiro atoms. The van der Waals surface area contributed by atoms with Gasteiger partial charge in [0, 0.05) is 20.0 Å². The summed E-state index contributed by atoms with van der Waals surface area (Å²) in [5.74, 6) is 0.493. The Morgan fingerprint density at radius 1 is 1.33 bits per heavy atom. The lowest BCUT2D eigenvalue weighted by molar-refractivity contribution is -0.133. The van der Waals surface area contributed by atoms with Crippen molar-refractivity contribution in [1.29, 1.82) is 0 Å². The van der Waals surface area contributed by atoms with Crippen LogP contribution in [0.1, 0.15) is 19.3 Å². The molecule has 1 heterocycles. The summed E-state index contributed by atoms with van der Waals surface area (Å²) < 4.78 is 5.37. The summed E-state index contributed by atoms with van der Waals surface area (Å²) in [6.45, 7) is 0. The molecule has 1 aliphatic heterocycles. The van der Waals surface area contributed by atoms with Gasteiger partial charge in [0.05, 0.1) is 12.2 Å². The van der Waals surface area contributed by atoms with E-state index >= 15 is 0 Å². The van der Waals surface area contributed by atoms with Gasteiger partial charge >= 0.3 is 0 Å². The van der Waals surface area contributed by atoms with Crippen LogP contribution in [0.15, 0.2) is 0 Å². The van der Waals surface area contributed by atoms with Crippen molar-refractivity contribution in [3.05, 3.63) is 0 Å². The van der Waals surface area contributed by atoms with E-state index in [1.807, 2.05) is 14.1 Å². The van der Waals surface area contributed by atoms with Gasteiger partial charge in [0.15, 0.2) is 0 Å². The SMILES string of the molecule is CN(C)C(=O)[C@H]1CC[C@H]2O[C@@H]2C1. The van der Waals surface area contributed by atoms with Gasteiger partial charge in [-0.15, -0.1) is 0 Å². The predicted octanol–water partition coefficient (Wildman–Crippen LogP) is 0.642. The minimum Gasteiger partial charge on any atom is -0.370 e. The summed E-state index contributed by atoms with van der Waals surface area (Å²) in [5.41, 5.74) is 0. The third-order valence-electron chi connectivity index (χ3n) is 2.79. The van der Waals surface area contributed by atoms with Gasteiger partial charge in [-0.3, -0.25) is 4.79 Å². The van der Waals surface area contributed by atoms with Crippen molar-refractivity contribution in [2.24, 2.45) is 5.92 Å². The first-order chi connectivity index (χ1) is 5.68. The van der Waals surface area contributed by atoms with E-state index < -0.39 is 0 Å². The highest BCUT2D eigenvalue weighted by molar-refractivity contribution is 5.78. The average molecular weight is 169 g/mol. The molecule has 2 aliphatic rings. The number of ether oxygens (including phenoxy) is 1. The first kappa shape index (κ1) is 8.05. The molecule has 0 bridgehead atoms. The Balaban J connectivity index is 1.91. The third-order valence-corrected chi connectivity index (χ3v) is 2.79. The molecule has 1 saturated heterocycles. The van der Waals surface area contributed by atoms with Crippen LogP contribution in [0.4, 0.5) is 0 Å². The molecular formula is C9H15NO2. The molecule has 3 heteroatoms. The largest absolute Gasteiger partial charge is 0.370 e. The number of fused-ring (bicyclic) bond motifs is 1. The lowest BCUT2D eigenvalue weighted by Crippen LogP contribution is -2.32. The first-order valence-corrected chi connectivity index (χ1v) is 4.55. The molecule has 0 aromatic carbocycles. The van der Waals surface area contributed by atoms with Crippen molar-refractivity contribution in [2.75, 3.05) is 14.1 Å². The highest BCUT2D eigenvalue weighted by atomic mass is 16.6. The summed E-state index contributed by atoms with van der Waals surface area (Å²) in [6, 6.07) is 0. The van der Waals surface area contributed by atoms with E-state index in [-0.39, 0.29) is 11.8 Å². The van der Waals surface area contributed by atoms with Gasteiger partial charge in [-0.2, -0.15) is 0 Å². The number of hydrogen-bond donors (Lipinski definition) is 0. The maximum Gasteiger partial charge on any atom is 0.225 e. The number of hydrogen-bond acceptors (Lipinski definition) is 2. The normalized spacial score (nSPS) is 38.7. The van der Waals surface area contributed by atoms with Gasteiger partial charge in [-0.25, -0.2) is 0 Å². The minimum absolute atomic E-state index is 0.226. The highest BCUT2D eigenvalue weighted by Gasteiger charge is 2.45. The highest BCUT2D eigenvalue weighted by Crippen LogP contribution is 2.39. The minimum atomic E-state index is 0.226. The maximum absolute atomic E-state index is 11.5. The zero-order valence-corrected chi connectivity index (χ0v) is 7.62. The van der Waals surface area contributed by atoms with E-state index in [4.69, 9.17) is 4.74 Å². The summed E-state index contributed by atoms with van der Waals surface area (Å²) in [4.78, 5) is 13.2. The summed E-state index contributed by atoms with van der Waals surface area (Å²) in [5, 5.41) is 0. The second kappa shape index (κ2) is 2.73. The van der Waals surface area contributed by atoms with Crippen LogP contribution in [-0.2, 0) is 9.53 Å². The molecule has 2 fully saturated rings. The molecule has 1 saturated carbocycles. The van der Waals surface area contributed by atoms with Crippen molar-refractivity contribution in [3.63, 3.8) is 0 Å².